The lowest BCUT2D eigenvalue weighted by Crippen LogP contribution is -2.63. The van der Waals surface area contributed by atoms with Crippen LogP contribution < -0.4 is 9.47 Å². The highest BCUT2D eigenvalue weighted by Gasteiger charge is 2.53. The van der Waals surface area contributed by atoms with Gasteiger partial charge in [0.1, 0.15) is 19.0 Å². The van der Waals surface area contributed by atoms with Gasteiger partial charge in [-0.05, 0) is 18.2 Å². The Bertz CT molecular complexity index is 926. The van der Waals surface area contributed by atoms with Gasteiger partial charge in [-0.1, -0.05) is 0 Å². The number of hydrogen-bond acceptors (Lipinski definition) is 12. The van der Waals surface area contributed by atoms with Crippen molar-refractivity contribution in [3.05, 3.63) is 23.8 Å². The summed E-state index contributed by atoms with van der Waals surface area (Å²) in [6.07, 6.45) is -6.03. The highest BCUT2D eigenvalue weighted by Crippen LogP contribution is 2.34. The Balaban J connectivity index is 2.51. The molecule has 0 radical (unpaired) electrons. The van der Waals surface area contributed by atoms with Crippen LogP contribution in [-0.4, -0.2) is 74.6 Å². The minimum Gasteiger partial charge on any atom is -0.493 e. The first-order valence-corrected chi connectivity index (χ1v) is 10.2. The number of aldehydes is 1. The third-order valence-corrected chi connectivity index (χ3v) is 4.52. The lowest BCUT2D eigenvalue weighted by Gasteiger charge is -2.44. The van der Waals surface area contributed by atoms with Crippen LogP contribution in [0.2, 0.25) is 0 Å². The number of benzene rings is 1. The molecule has 0 bridgehead atoms. The van der Waals surface area contributed by atoms with Crippen molar-refractivity contribution in [2.24, 2.45) is 0 Å². The normalized spacial score (nSPS) is 23.7. The maximum Gasteiger partial charge on any atom is 0.303 e. The predicted octanol–water partition coefficient (Wildman–Crippen LogP) is 0.970. The molecule has 1 aliphatic rings. The summed E-state index contributed by atoms with van der Waals surface area (Å²) in [6.45, 7) is 4.13. The van der Waals surface area contributed by atoms with E-state index in [9.17, 15) is 24.0 Å². The van der Waals surface area contributed by atoms with E-state index in [1.54, 1.807) is 0 Å². The van der Waals surface area contributed by atoms with Crippen LogP contribution in [0.4, 0.5) is 0 Å². The predicted molar refractivity (Wildman–Crippen MR) is 111 cm³/mol. The number of esters is 4. The Morgan fingerprint density at radius 1 is 0.853 bits per heavy atom. The molecule has 0 spiro atoms. The summed E-state index contributed by atoms with van der Waals surface area (Å²) in [5.74, 6) is -2.64. The topological polar surface area (TPSA) is 150 Å². The van der Waals surface area contributed by atoms with Gasteiger partial charge < -0.3 is 33.2 Å². The minimum absolute atomic E-state index is 0.106. The first-order chi connectivity index (χ1) is 16.0. The van der Waals surface area contributed by atoms with Crippen molar-refractivity contribution < 1.29 is 57.1 Å². The second-order valence-electron chi connectivity index (χ2n) is 7.21. The quantitative estimate of drug-likeness (QED) is 0.280. The molecule has 2 rings (SSSR count). The number of hydrogen-bond donors (Lipinski definition) is 0. The van der Waals surface area contributed by atoms with E-state index in [1.807, 2.05) is 0 Å². The van der Waals surface area contributed by atoms with Crippen molar-refractivity contribution in [1.29, 1.82) is 0 Å². The molecule has 0 aliphatic carbocycles. The third kappa shape index (κ3) is 7.17. The molecule has 0 amide bonds. The van der Waals surface area contributed by atoms with E-state index in [2.05, 4.69) is 0 Å². The van der Waals surface area contributed by atoms with Crippen molar-refractivity contribution in [2.45, 2.75) is 58.4 Å². The Kier molecular flexibility index (Phi) is 9.36. The van der Waals surface area contributed by atoms with E-state index in [0.717, 1.165) is 20.8 Å². The fraction of sp³-hybridized carbons (Fsp3) is 0.500. The summed E-state index contributed by atoms with van der Waals surface area (Å²) in [6, 6.07) is 4.29. The van der Waals surface area contributed by atoms with Crippen molar-refractivity contribution in [1.82, 2.24) is 0 Å². The van der Waals surface area contributed by atoms with Crippen LogP contribution in [0.25, 0.3) is 0 Å². The summed E-state index contributed by atoms with van der Waals surface area (Å²) in [5, 5.41) is 0. The molecule has 12 nitrogen and oxygen atoms in total. The van der Waals surface area contributed by atoms with Crippen molar-refractivity contribution >= 4 is 30.2 Å². The van der Waals surface area contributed by atoms with E-state index in [0.29, 0.717) is 11.8 Å². The van der Waals surface area contributed by atoms with Crippen molar-refractivity contribution in [3.8, 4) is 11.5 Å². The van der Waals surface area contributed by atoms with Gasteiger partial charge in [0.05, 0.1) is 7.11 Å². The number of ether oxygens (including phenoxy) is 7. The Morgan fingerprint density at radius 2 is 1.44 bits per heavy atom. The highest BCUT2D eigenvalue weighted by atomic mass is 16.7. The molecule has 1 aromatic rings. The molecule has 186 valence electrons. The maximum atomic E-state index is 11.9. The number of carbonyl (C=O) groups excluding carboxylic acids is 5. The Hall–Kier alpha value is -3.67. The number of carbonyl (C=O) groups is 5. The van der Waals surface area contributed by atoms with E-state index in [1.165, 1.54) is 32.2 Å². The van der Waals surface area contributed by atoms with Crippen LogP contribution in [0.3, 0.4) is 0 Å². The number of methoxy groups -OCH3 is 1. The monoisotopic (exact) mass is 482 g/mol. The fourth-order valence-electron chi connectivity index (χ4n) is 3.26. The van der Waals surface area contributed by atoms with Crippen LogP contribution in [0.1, 0.15) is 38.1 Å². The molecule has 34 heavy (non-hydrogen) atoms. The fourth-order valence-corrected chi connectivity index (χ4v) is 3.26. The van der Waals surface area contributed by atoms with Gasteiger partial charge in [0, 0.05) is 33.3 Å². The molecular formula is C22H26O12. The van der Waals surface area contributed by atoms with Gasteiger partial charge >= 0.3 is 23.9 Å². The zero-order valence-electron chi connectivity index (χ0n) is 19.3. The lowest BCUT2D eigenvalue weighted by atomic mass is 9.98. The van der Waals surface area contributed by atoms with Gasteiger partial charge in [-0.2, -0.15) is 0 Å². The van der Waals surface area contributed by atoms with E-state index < -0.39 is 54.6 Å². The van der Waals surface area contributed by atoms with Gasteiger partial charge in [0.15, 0.2) is 23.7 Å². The van der Waals surface area contributed by atoms with Gasteiger partial charge in [0.25, 0.3) is 0 Å². The zero-order valence-corrected chi connectivity index (χ0v) is 19.3. The smallest absolute Gasteiger partial charge is 0.303 e. The Morgan fingerprint density at radius 3 is 1.97 bits per heavy atom. The maximum absolute atomic E-state index is 11.9. The minimum atomic E-state index is -1.42. The zero-order chi connectivity index (χ0) is 25.4. The van der Waals surface area contributed by atoms with E-state index in [4.69, 9.17) is 33.2 Å². The molecule has 0 N–H and O–H groups in total. The average Bonchev–Trinajstić information content (AvgIpc) is 2.75. The van der Waals surface area contributed by atoms with Gasteiger partial charge in [-0.3, -0.25) is 24.0 Å². The van der Waals surface area contributed by atoms with Crippen LogP contribution in [-0.2, 0) is 42.9 Å². The molecule has 0 aromatic heterocycles. The van der Waals surface area contributed by atoms with Crippen LogP contribution in [0, 0.1) is 0 Å². The molecule has 0 unspecified atom stereocenters. The van der Waals surface area contributed by atoms with Crippen LogP contribution in [0.5, 0.6) is 11.5 Å². The molecular weight excluding hydrogens is 456 g/mol. The molecule has 5 atom stereocenters. The molecule has 1 aliphatic heterocycles. The number of rotatable bonds is 9. The van der Waals surface area contributed by atoms with Gasteiger partial charge in [-0.15, -0.1) is 0 Å². The highest BCUT2D eigenvalue weighted by molar-refractivity contribution is 5.76. The van der Waals surface area contributed by atoms with Crippen LogP contribution in [0.15, 0.2) is 18.2 Å². The van der Waals surface area contributed by atoms with Gasteiger partial charge in [0.2, 0.25) is 12.4 Å². The van der Waals surface area contributed by atoms with E-state index >= 15 is 0 Å². The molecule has 1 heterocycles. The van der Waals surface area contributed by atoms with E-state index in [-0.39, 0.29) is 18.1 Å². The molecule has 1 saturated heterocycles. The lowest BCUT2D eigenvalue weighted by molar-refractivity contribution is -0.288. The Labute approximate surface area is 195 Å². The van der Waals surface area contributed by atoms with Crippen molar-refractivity contribution in [3.63, 3.8) is 0 Å². The van der Waals surface area contributed by atoms with Crippen molar-refractivity contribution in [2.75, 3.05) is 13.7 Å². The SMILES string of the molecule is COc1cc(C=O)ccc1O[C@H]1O[C@H](COC(C)=O)[C@@H](OC(C)=O)[C@H](OC(C)=O)[C@H]1OC(C)=O. The first kappa shape index (κ1) is 26.6. The van der Waals surface area contributed by atoms with Crippen LogP contribution >= 0.6 is 0 Å². The second-order valence-corrected chi connectivity index (χ2v) is 7.21. The average molecular weight is 482 g/mol. The third-order valence-electron chi connectivity index (χ3n) is 4.52. The largest absolute Gasteiger partial charge is 0.493 e. The molecule has 1 aromatic carbocycles. The standard InChI is InChI=1S/C22H26O12/c1-11(24)29-10-18-19(30-12(2)25)20(31-13(3)26)21(32-14(4)27)22(34-18)33-16-7-6-15(9-23)8-17(16)28-5/h6-9,18-22H,10H2,1-5H3/t18-,19-,20+,21-,22+/m1/s1. The first-order valence-electron chi connectivity index (χ1n) is 10.2. The summed E-state index contributed by atoms with van der Waals surface area (Å²) in [7, 11) is 1.35. The summed E-state index contributed by atoms with van der Waals surface area (Å²) >= 11 is 0. The molecule has 12 heteroatoms. The summed E-state index contributed by atoms with van der Waals surface area (Å²) in [5.41, 5.74) is 0.311. The molecule has 0 saturated carbocycles. The van der Waals surface area contributed by atoms with Gasteiger partial charge in [-0.25, -0.2) is 0 Å². The summed E-state index contributed by atoms with van der Waals surface area (Å²) in [4.78, 5) is 57.9. The molecule has 1 fully saturated rings. The summed E-state index contributed by atoms with van der Waals surface area (Å²) < 4.78 is 38.0. The second kappa shape index (κ2) is 12.0.